The lowest BCUT2D eigenvalue weighted by molar-refractivity contribution is 0.0885. The molecule has 0 radical (unpaired) electrons. The Labute approximate surface area is 197 Å². The number of carbonyl (C=O) groups is 1. The third-order valence-electron chi connectivity index (χ3n) is 5.26. The Kier molecular flexibility index (Phi) is 7.51. The fraction of sp³-hybridized carbons (Fsp3) is 0.333. The second kappa shape index (κ2) is 10.9. The number of hydrogen-bond acceptors (Lipinski definition) is 8. The minimum atomic E-state index is -0.108. The molecule has 2 aromatic heterocycles. The summed E-state index contributed by atoms with van der Waals surface area (Å²) in [6.45, 7) is 4.81. The number of carbonyl (C=O) groups excluding carboxylic acids is 1. The fourth-order valence-electron chi connectivity index (χ4n) is 3.51. The summed E-state index contributed by atoms with van der Waals surface area (Å²) >= 11 is 1.62. The van der Waals surface area contributed by atoms with Gasteiger partial charge < -0.3 is 5.32 Å². The van der Waals surface area contributed by atoms with Crippen molar-refractivity contribution in [3.8, 4) is 22.5 Å². The maximum atomic E-state index is 12.4. The van der Waals surface area contributed by atoms with E-state index in [4.69, 9.17) is 0 Å². The molecular formula is C24H27N7OS. The Balaban J connectivity index is 1.50. The predicted molar refractivity (Wildman–Crippen MR) is 130 cm³/mol. The van der Waals surface area contributed by atoms with Gasteiger partial charge in [-0.1, -0.05) is 80.1 Å². The number of rotatable bonds is 10. The van der Waals surface area contributed by atoms with Crippen molar-refractivity contribution < 1.29 is 4.79 Å². The van der Waals surface area contributed by atoms with Crippen LogP contribution in [0.4, 0.5) is 5.13 Å². The van der Waals surface area contributed by atoms with Gasteiger partial charge in [-0.2, -0.15) is 4.68 Å². The van der Waals surface area contributed by atoms with Crippen LogP contribution in [0.1, 0.15) is 54.9 Å². The monoisotopic (exact) mass is 461 g/mol. The van der Waals surface area contributed by atoms with E-state index >= 15 is 0 Å². The van der Waals surface area contributed by atoms with Gasteiger partial charge in [-0.3, -0.25) is 4.79 Å². The highest BCUT2D eigenvalue weighted by molar-refractivity contribution is 7.15. The summed E-state index contributed by atoms with van der Waals surface area (Å²) in [6, 6.07) is 16.2. The van der Waals surface area contributed by atoms with Crippen molar-refractivity contribution in [3.05, 3.63) is 59.1 Å². The summed E-state index contributed by atoms with van der Waals surface area (Å²) in [5, 5.41) is 25.6. The molecule has 0 aliphatic heterocycles. The van der Waals surface area contributed by atoms with Crippen LogP contribution in [0.3, 0.4) is 0 Å². The van der Waals surface area contributed by atoms with Crippen LogP contribution in [0.25, 0.3) is 22.5 Å². The van der Waals surface area contributed by atoms with E-state index in [1.165, 1.54) is 4.68 Å². The largest absolute Gasteiger partial charge is 0.356 e. The number of aromatic nitrogens is 6. The molecule has 0 atom stereocenters. The standard InChI is InChI=1S/C24H27N7OS/c1-3-5-11-21-26-28-24(33-21)25-16-17-12-14-18(15-13-17)19-9-6-7-10-20(19)23-27-29-30-31(23)22(32)8-4-2/h6-7,9-10,12-15H,3-5,8,11,16H2,1-2H3,(H,25,28). The summed E-state index contributed by atoms with van der Waals surface area (Å²) in [5.41, 5.74) is 3.97. The quantitative estimate of drug-likeness (QED) is 0.322. The fourth-order valence-corrected chi connectivity index (χ4v) is 4.28. The number of unbranched alkanes of at least 4 members (excludes halogenated alkanes) is 1. The van der Waals surface area contributed by atoms with Crippen LogP contribution in [0, 0.1) is 0 Å². The molecule has 0 spiro atoms. The molecule has 0 amide bonds. The van der Waals surface area contributed by atoms with Crippen LogP contribution < -0.4 is 5.32 Å². The highest BCUT2D eigenvalue weighted by Crippen LogP contribution is 2.31. The van der Waals surface area contributed by atoms with Gasteiger partial charge in [0.25, 0.3) is 0 Å². The Morgan fingerprint density at radius 2 is 1.76 bits per heavy atom. The zero-order valence-electron chi connectivity index (χ0n) is 18.9. The minimum Gasteiger partial charge on any atom is -0.356 e. The summed E-state index contributed by atoms with van der Waals surface area (Å²) in [4.78, 5) is 12.4. The lowest BCUT2D eigenvalue weighted by Gasteiger charge is -2.10. The van der Waals surface area contributed by atoms with Gasteiger partial charge in [0.1, 0.15) is 5.01 Å². The van der Waals surface area contributed by atoms with Crippen molar-refractivity contribution in [2.45, 2.75) is 52.5 Å². The molecule has 0 fully saturated rings. The maximum absolute atomic E-state index is 12.4. The second-order valence-corrected chi connectivity index (χ2v) is 8.82. The van der Waals surface area contributed by atoms with E-state index in [1.54, 1.807) is 11.3 Å². The third kappa shape index (κ3) is 5.48. The van der Waals surface area contributed by atoms with Gasteiger partial charge in [-0.15, -0.1) is 15.3 Å². The SMILES string of the molecule is CCCCc1nnc(NCc2ccc(-c3ccccc3-c3nnnn3C(=O)CCC)cc2)s1. The van der Waals surface area contributed by atoms with Gasteiger partial charge in [-0.05, 0) is 40.0 Å². The number of nitrogens with one attached hydrogen (secondary N) is 1. The first-order valence-electron chi connectivity index (χ1n) is 11.3. The molecule has 0 aliphatic carbocycles. The van der Waals surface area contributed by atoms with Gasteiger partial charge in [-0.25, -0.2) is 0 Å². The molecule has 0 unspecified atom stereocenters. The van der Waals surface area contributed by atoms with E-state index in [1.807, 2.05) is 31.2 Å². The highest BCUT2D eigenvalue weighted by atomic mass is 32.1. The third-order valence-corrected chi connectivity index (χ3v) is 6.20. The molecule has 33 heavy (non-hydrogen) atoms. The number of nitrogens with zero attached hydrogens (tertiary/aromatic N) is 6. The topological polar surface area (TPSA) is 98.5 Å². The number of tetrazole rings is 1. The molecule has 0 saturated carbocycles. The zero-order valence-corrected chi connectivity index (χ0v) is 19.7. The maximum Gasteiger partial charge on any atom is 0.250 e. The lowest BCUT2D eigenvalue weighted by atomic mass is 9.98. The lowest BCUT2D eigenvalue weighted by Crippen LogP contribution is -2.13. The van der Waals surface area contributed by atoms with Gasteiger partial charge in [0, 0.05) is 24.9 Å². The van der Waals surface area contributed by atoms with Crippen LogP contribution in [-0.4, -0.2) is 36.3 Å². The first kappa shape index (κ1) is 22.7. The van der Waals surface area contributed by atoms with Crippen molar-refractivity contribution in [1.29, 1.82) is 0 Å². The van der Waals surface area contributed by atoms with Crippen LogP contribution in [0.5, 0.6) is 0 Å². The molecule has 9 heteroatoms. The van der Waals surface area contributed by atoms with Gasteiger partial charge >= 0.3 is 0 Å². The average Bonchev–Trinajstić information content (AvgIpc) is 3.52. The highest BCUT2D eigenvalue weighted by Gasteiger charge is 2.18. The smallest absolute Gasteiger partial charge is 0.250 e. The molecule has 0 saturated heterocycles. The van der Waals surface area contributed by atoms with E-state index in [9.17, 15) is 4.79 Å². The van der Waals surface area contributed by atoms with E-state index in [0.717, 1.165) is 58.1 Å². The van der Waals surface area contributed by atoms with Crippen molar-refractivity contribution in [1.82, 2.24) is 30.4 Å². The summed E-state index contributed by atoms with van der Waals surface area (Å²) in [7, 11) is 0. The van der Waals surface area contributed by atoms with Crippen LogP contribution in [-0.2, 0) is 13.0 Å². The molecule has 4 aromatic rings. The Hall–Kier alpha value is -3.46. The van der Waals surface area contributed by atoms with E-state index in [2.05, 4.69) is 62.2 Å². The predicted octanol–water partition coefficient (Wildman–Crippen LogP) is 5.25. The van der Waals surface area contributed by atoms with Crippen LogP contribution >= 0.6 is 11.3 Å². The number of hydrogen-bond donors (Lipinski definition) is 1. The van der Waals surface area contributed by atoms with Crippen molar-refractivity contribution >= 4 is 22.4 Å². The Morgan fingerprint density at radius 1 is 0.970 bits per heavy atom. The number of anilines is 1. The first-order chi connectivity index (χ1) is 16.2. The molecular weight excluding hydrogens is 434 g/mol. The van der Waals surface area contributed by atoms with Crippen LogP contribution in [0.15, 0.2) is 48.5 Å². The average molecular weight is 462 g/mol. The molecule has 0 aliphatic rings. The molecule has 0 bridgehead atoms. The first-order valence-corrected chi connectivity index (χ1v) is 12.1. The minimum absolute atomic E-state index is 0.108. The van der Waals surface area contributed by atoms with Crippen LogP contribution in [0.2, 0.25) is 0 Å². The summed E-state index contributed by atoms with van der Waals surface area (Å²) < 4.78 is 1.30. The molecule has 170 valence electrons. The van der Waals surface area contributed by atoms with Crippen molar-refractivity contribution in [3.63, 3.8) is 0 Å². The zero-order chi connectivity index (χ0) is 23.0. The Bertz CT molecular complexity index is 1200. The summed E-state index contributed by atoms with van der Waals surface area (Å²) in [5.74, 6) is 0.355. The Morgan fingerprint density at radius 3 is 2.52 bits per heavy atom. The molecule has 2 heterocycles. The van der Waals surface area contributed by atoms with Gasteiger partial charge in [0.2, 0.25) is 11.0 Å². The van der Waals surface area contributed by atoms with Crippen molar-refractivity contribution in [2.24, 2.45) is 0 Å². The van der Waals surface area contributed by atoms with Crippen molar-refractivity contribution in [2.75, 3.05) is 5.32 Å². The molecule has 8 nitrogen and oxygen atoms in total. The van der Waals surface area contributed by atoms with Gasteiger partial charge in [0.05, 0.1) is 0 Å². The normalized spacial score (nSPS) is 11.0. The number of benzene rings is 2. The molecule has 4 rings (SSSR count). The van der Waals surface area contributed by atoms with E-state index in [-0.39, 0.29) is 5.91 Å². The summed E-state index contributed by atoms with van der Waals surface area (Å²) in [6.07, 6.45) is 4.42. The molecule has 2 aromatic carbocycles. The van der Waals surface area contributed by atoms with E-state index in [0.29, 0.717) is 18.8 Å². The van der Waals surface area contributed by atoms with E-state index < -0.39 is 0 Å². The second-order valence-electron chi connectivity index (χ2n) is 7.76. The molecule has 1 N–H and O–H groups in total. The van der Waals surface area contributed by atoms with Gasteiger partial charge in [0.15, 0.2) is 5.82 Å². The number of aryl methyl sites for hydroxylation is 1.